The van der Waals surface area contributed by atoms with Crippen LogP contribution in [0.25, 0.3) is 6.08 Å². The first-order valence-electron chi connectivity index (χ1n) is 9.01. The molecule has 0 bridgehead atoms. The maximum absolute atomic E-state index is 14.6. The van der Waals surface area contributed by atoms with E-state index in [1.54, 1.807) is 42.5 Å². The largest absolute Gasteiger partial charge is 0.355 e. The smallest absolute Gasteiger partial charge is 0.148 e. The Hall–Kier alpha value is -4.09. The minimum Gasteiger partial charge on any atom is -0.355 e. The van der Waals surface area contributed by atoms with Gasteiger partial charge in [0.2, 0.25) is 0 Å². The number of halogens is 1. The molecule has 0 spiro atoms. The molecule has 5 heteroatoms. The Morgan fingerprint density at radius 1 is 0.862 bits per heavy atom. The van der Waals surface area contributed by atoms with Crippen molar-refractivity contribution in [1.29, 1.82) is 10.5 Å². The van der Waals surface area contributed by atoms with Crippen LogP contribution in [0.2, 0.25) is 0 Å². The van der Waals surface area contributed by atoms with Gasteiger partial charge in [-0.25, -0.2) is 4.39 Å². The molecule has 0 aliphatic heterocycles. The van der Waals surface area contributed by atoms with Gasteiger partial charge in [0.1, 0.15) is 5.82 Å². The van der Waals surface area contributed by atoms with Crippen LogP contribution in [-0.2, 0) is 0 Å². The normalized spacial score (nSPS) is 10.4. The van der Waals surface area contributed by atoms with E-state index in [1.165, 1.54) is 12.1 Å². The predicted molar refractivity (Wildman–Crippen MR) is 115 cm³/mol. The summed E-state index contributed by atoms with van der Waals surface area (Å²) in [5, 5.41) is 23.8. The standard InChI is InChI=1S/C24H19FN4/c1-16-12-19(4-3-11-26)13-17(2)24(16)29-21-9-10-23(22(25)14-21)28-20-7-5-18(15-27)6-8-20/h3-10,12-14,28-29H,1-2H3/b4-3+. The monoisotopic (exact) mass is 382 g/mol. The zero-order valence-electron chi connectivity index (χ0n) is 16.1. The number of anilines is 4. The minimum atomic E-state index is -0.386. The molecule has 142 valence electrons. The molecule has 2 N–H and O–H groups in total. The van der Waals surface area contributed by atoms with Gasteiger partial charge < -0.3 is 10.6 Å². The van der Waals surface area contributed by atoms with Gasteiger partial charge in [0.25, 0.3) is 0 Å². The summed E-state index contributed by atoms with van der Waals surface area (Å²) in [5.74, 6) is -0.386. The highest BCUT2D eigenvalue weighted by Gasteiger charge is 2.08. The number of nitriles is 2. The lowest BCUT2D eigenvalue weighted by atomic mass is 10.0. The minimum absolute atomic E-state index is 0.352. The van der Waals surface area contributed by atoms with Crippen LogP contribution < -0.4 is 10.6 Å². The van der Waals surface area contributed by atoms with Crippen LogP contribution in [0.3, 0.4) is 0 Å². The van der Waals surface area contributed by atoms with E-state index in [4.69, 9.17) is 10.5 Å². The van der Waals surface area contributed by atoms with Crippen molar-refractivity contribution in [2.24, 2.45) is 0 Å². The van der Waals surface area contributed by atoms with Crippen molar-refractivity contribution < 1.29 is 4.39 Å². The first kappa shape index (κ1) is 19.7. The third-order valence-electron chi connectivity index (χ3n) is 4.44. The van der Waals surface area contributed by atoms with Crippen molar-refractivity contribution in [1.82, 2.24) is 0 Å². The lowest BCUT2D eigenvalue weighted by Gasteiger charge is -2.15. The van der Waals surface area contributed by atoms with E-state index in [0.29, 0.717) is 22.6 Å². The first-order valence-corrected chi connectivity index (χ1v) is 9.01. The lowest BCUT2D eigenvalue weighted by Crippen LogP contribution is -1.99. The molecule has 3 rings (SSSR count). The fraction of sp³-hybridized carbons (Fsp3) is 0.0833. The number of hydrogen-bond donors (Lipinski definition) is 2. The van der Waals surface area contributed by atoms with Crippen LogP contribution in [-0.4, -0.2) is 0 Å². The maximum Gasteiger partial charge on any atom is 0.148 e. The van der Waals surface area contributed by atoms with Crippen LogP contribution in [0.15, 0.2) is 60.7 Å². The summed E-state index contributed by atoms with van der Waals surface area (Å²) in [4.78, 5) is 0. The molecule has 0 radical (unpaired) electrons. The summed E-state index contributed by atoms with van der Waals surface area (Å²) in [6.07, 6.45) is 3.20. The number of hydrogen-bond acceptors (Lipinski definition) is 4. The molecule has 29 heavy (non-hydrogen) atoms. The zero-order valence-corrected chi connectivity index (χ0v) is 16.1. The predicted octanol–water partition coefficient (Wildman–Crippen LogP) is 6.34. The van der Waals surface area contributed by atoms with Crippen LogP contribution in [0.1, 0.15) is 22.3 Å². The molecule has 0 aromatic heterocycles. The molecular weight excluding hydrogens is 363 g/mol. The number of benzene rings is 3. The number of nitrogens with zero attached hydrogens (tertiary/aromatic N) is 2. The van der Waals surface area contributed by atoms with Gasteiger partial charge in [0.15, 0.2) is 0 Å². The second kappa shape index (κ2) is 8.73. The van der Waals surface area contributed by atoms with E-state index in [1.807, 2.05) is 32.0 Å². The van der Waals surface area contributed by atoms with Gasteiger partial charge in [-0.1, -0.05) is 0 Å². The van der Waals surface area contributed by atoms with E-state index in [-0.39, 0.29) is 5.82 Å². The van der Waals surface area contributed by atoms with Crippen LogP contribution in [0.5, 0.6) is 0 Å². The topological polar surface area (TPSA) is 71.6 Å². The Bertz CT molecular complexity index is 1130. The highest BCUT2D eigenvalue weighted by atomic mass is 19.1. The van der Waals surface area contributed by atoms with Gasteiger partial charge in [-0.3, -0.25) is 0 Å². The van der Waals surface area contributed by atoms with Crippen molar-refractivity contribution >= 4 is 28.8 Å². The maximum atomic E-state index is 14.6. The molecule has 0 unspecified atom stereocenters. The number of aryl methyl sites for hydroxylation is 2. The van der Waals surface area contributed by atoms with Gasteiger partial charge in [0, 0.05) is 23.1 Å². The summed E-state index contributed by atoms with van der Waals surface area (Å²) in [6, 6.07) is 19.7. The number of rotatable bonds is 5. The first-order chi connectivity index (χ1) is 14.0. The molecule has 0 aliphatic carbocycles. The average molecular weight is 382 g/mol. The quantitative estimate of drug-likeness (QED) is 0.505. The molecule has 0 saturated carbocycles. The molecular formula is C24H19FN4. The van der Waals surface area contributed by atoms with Gasteiger partial charge in [0.05, 0.1) is 23.4 Å². The Kier molecular flexibility index (Phi) is 5.92. The van der Waals surface area contributed by atoms with Crippen molar-refractivity contribution in [2.45, 2.75) is 13.8 Å². The zero-order chi connectivity index (χ0) is 20.8. The molecule has 0 aliphatic rings. The van der Waals surface area contributed by atoms with Gasteiger partial charge >= 0.3 is 0 Å². The molecule has 0 heterocycles. The molecule has 0 atom stereocenters. The summed E-state index contributed by atoms with van der Waals surface area (Å²) in [5.41, 5.74) is 6.11. The van der Waals surface area contributed by atoms with Crippen molar-refractivity contribution in [3.05, 3.63) is 88.7 Å². The summed E-state index contributed by atoms with van der Waals surface area (Å²) in [7, 11) is 0. The Balaban J connectivity index is 1.79. The van der Waals surface area contributed by atoms with E-state index < -0.39 is 0 Å². The highest BCUT2D eigenvalue weighted by molar-refractivity contribution is 5.72. The Labute approximate surface area is 169 Å². The average Bonchev–Trinajstić information content (AvgIpc) is 2.71. The molecule has 4 nitrogen and oxygen atoms in total. The summed E-state index contributed by atoms with van der Waals surface area (Å²) >= 11 is 0. The molecule has 3 aromatic rings. The molecule has 3 aromatic carbocycles. The van der Waals surface area contributed by atoms with E-state index in [9.17, 15) is 4.39 Å². The SMILES string of the molecule is Cc1cc(/C=C/C#N)cc(C)c1Nc1ccc(Nc2ccc(C#N)cc2)c(F)c1. The van der Waals surface area contributed by atoms with E-state index in [0.717, 1.165) is 22.4 Å². The summed E-state index contributed by atoms with van der Waals surface area (Å²) < 4.78 is 14.6. The van der Waals surface area contributed by atoms with E-state index in [2.05, 4.69) is 16.7 Å². The van der Waals surface area contributed by atoms with E-state index >= 15 is 0 Å². The van der Waals surface area contributed by atoms with Gasteiger partial charge in [-0.15, -0.1) is 0 Å². The van der Waals surface area contributed by atoms with Crippen molar-refractivity contribution in [2.75, 3.05) is 10.6 Å². The Morgan fingerprint density at radius 2 is 1.52 bits per heavy atom. The lowest BCUT2D eigenvalue weighted by molar-refractivity contribution is 0.632. The molecule has 0 fully saturated rings. The Morgan fingerprint density at radius 3 is 2.10 bits per heavy atom. The molecule has 0 amide bonds. The number of allylic oxidation sites excluding steroid dienone is 1. The third-order valence-corrected chi connectivity index (χ3v) is 4.44. The van der Waals surface area contributed by atoms with Crippen LogP contribution >= 0.6 is 0 Å². The molecule has 0 saturated heterocycles. The highest BCUT2D eigenvalue weighted by Crippen LogP contribution is 2.29. The summed E-state index contributed by atoms with van der Waals surface area (Å²) in [6.45, 7) is 3.94. The van der Waals surface area contributed by atoms with Crippen molar-refractivity contribution in [3.8, 4) is 12.1 Å². The third kappa shape index (κ3) is 4.80. The fourth-order valence-electron chi connectivity index (χ4n) is 3.05. The van der Waals surface area contributed by atoms with Crippen LogP contribution in [0, 0.1) is 42.3 Å². The van der Waals surface area contributed by atoms with Crippen molar-refractivity contribution in [3.63, 3.8) is 0 Å². The number of nitrogens with one attached hydrogen (secondary N) is 2. The second-order valence-corrected chi connectivity index (χ2v) is 6.63. The fourth-order valence-corrected chi connectivity index (χ4v) is 3.05. The second-order valence-electron chi connectivity index (χ2n) is 6.63. The van der Waals surface area contributed by atoms with Crippen LogP contribution in [0.4, 0.5) is 27.1 Å². The van der Waals surface area contributed by atoms with Gasteiger partial charge in [-0.2, -0.15) is 10.5 Å². The van der Waals surface area contributed by atoms with Gasteiger partial charge in [-0.05, 0) is 91.2 Å².